The minimum absolute atomic E-state index is 0.0217. The van der Waals surface area contributed by atoms with Crippen LogP contribution in [0.15, 0.2) is 47.6 Å². The molecule has 4 N–H and O–H groups in total. The molecule has 80 heavy (non-hydrogen) atoms. The van der Waals surface area contributed by atoms with Gasteiger partial charge in [0.1, 0.15) is 30.1 Å². The van der Waals surface area contributed by atoms with Crippen molar-refractivity contribution in [3.63, 3.8) is 0 Å². The number of methoxy groups -OCH3 is 2. The number of hydrogen-bond donors (Lipinski definition) is 4. The third-order valence-corrected chi connectivity index (χ3v) is 18.7. The number of aliphatic hydroxyl groups excluding tert-OH is 3. The highest BCUT2D eigenvalue weighted by Crippen LogP contribution is 2.40. The molecule has 2 bridgehead atoms. The average molecular weight is 1130 g/mol. The number of rotatable bonds is 17. The second-order valence-corrected chi connectivity index (χ2v) is 24.3. The normalized spacial score (nSPS) is 34.5. The molecule has 1 saturated carbocycles. The molecule has 0 unspecified atom stereocenters. The summed E-state index contributed by atoms with van der Waals surface area (Å²) in [5.41, 5.74) is 0.153. The maximum atomic E-state index is 14.7. The molecule has 0 aromatic heterocycles. The van der Waals surface area contributed by atoms with Crippen molar-refractivity contribution in [3.05, 3.63) is 47.6 Å². The smallest absolute Gasteiger partial charge is 0.329 e. The Hall–Kier alpha value is -3.45. The van der Waals surface area contributed by atoms with Crippen molar-refractivity contribution in [2.24, 2.45) is 35.5 Å². The molecule has 0 radical (unpaired) electrons. The van der Waals surface area contributed by atoms with E-state index in [1.807, 2.05) is 58.1 Å². The van der Waals surface area contributed by atoms with Gasteiger partial charge in [-0.3, -0.25) is 19.2 Å². The molecule has 3 heterocycles. The summed E-state index contributed by atoms with van der Waals surface area (Å²) >= 11 is 0. The maximum Gasteiger partial charge on any atom is 0.329 e. The fourth-order valence-electron chi connectivity index (χ4n) is 12.6. The molecule has 0 aromatic rings. The molecule has 0 aromatic carbocycles. The van der Waals surface area contributed by atoms with E-state index in [4.69, 9.17) is 28.4 Å². The molecular formula is C64H105NO15. The lowest BCUT2D eigenvalue weighted by Gasteiger charge is -2.44. The predicted octanol–water partition coefficient (Wildman–Crippen LogP) is 9.46. The number of carbonyl (C=O) groups excluding carboxylic acids is 5. The Balaban J connectivity index is 1.77. The Kier molecular flexibility index (Phi) is 28.1. The van der Waals surface area contributed by atoms with Gasteiger partial charge in [0, 0.05) is 58.0 Å². The minimum atomic E-state index is -2.51. The van der Waals surface area contributed by atoms with Crippen LogP contribution in [0.2, 0.25) is 0 Å². The first-order chi connectivity index (χ1) is 37.9. The third-order valence-electron chi connectivity index (χ3n) is 18.7. The number of Topliss-reactive ketones (excluding diaryl/α,β-unsaturated/α-hetero) is 3. The monoisotopic (exact) mass is 1130 g/mol. The topological polar surface area (TPSA) is 225 Å². The number of aliphatic hydroxyl groups is 4. The van der Waals surface area contributed by atoms with Crippen LogP contribution >= 0.6 is 0 Å². The van der Waals surface area contributed by atoms with Crippen molar-refractivity contribution in [2.45, 2.75) is 257 Å². The molecule has 4 rings (SSSR count). The number of allylic oxidation sites excluding steroid dienone is 6. The molecule has 1 aliphatic carbocycles. The average Bonchev–Trinajstić information content (AvgIpc) is 3.46. The molecule has 15 atom stereocenters. The number of fused-ring (bicyclic) bond motifs is 3. The highest BCUT2D eigenvalue weighted by atomic mass is 16.6. The summed E-state index contributed by atoms with van der Waals surface area (Å²) in [6, 6.07) is -1.18. The number of esters is 1. The van der Waals surface area contributed by atoms with E-state index in [2.05, 4.69) is 27.7 Å². The highest BCUT2D eigenvalue weighted by Gasteiger charge is 2.53. The van der Waals surface area contributed by atoms with Gasteiger partial charge in [0.2, 0.25) is 5.79 Å². The Morgan fingerprint density at radius 3 is 2.14 bits per heavy atom. The van der Waals surface area contributed by atoms with Crippen LogP contribution in [0.3, 0.4) is 0 Å². The van der Waals surface area contributed by atoms with Crippen LogP contribution < -0.4 is 0 Å². The summed E-state index contributed by atoms with van der Waals surface area (Å²) in [6.45, 7) is 21.6. The first kappa shape index (κ1) is 69.0. The van der Waals surface area contributed by atoms with Gasteiger partial charge in [0.15, 0.2) is 5.78 Å². The van der Waals surface area contributed by atoms with E-state index in [-0.39, 0.29) is 67.8 Å². The van der Waals surface area contributed by atoms with Gasteiger partial charge < -0.3 is 53.7 Å². The van der Waals surface area contributed by atoms with Crippen molar-refractivity contribution in [1.82, 2.24) is 4.90 Å². The second kappa shape index (κ2) is 32.6. The zero-order valence-electron chi connectivity index (χ0n) is 51.1. The number of amides is 1. The molecular weight excluding hydrogens is 1020 g/mol. The number of cyclic esters (lactones) is 1. The van der Waals surface area contributed by atoms with Crippen LogP contribution in [-0.2, 0) is 52.4 Å². The molecule has 0 spiro atoms. The van der Waals surface area contributed by atoms with Gasteiger partial charge in [0.25, 0.3) is 11.7 Å². The zero-order chi connectivity index (χ0) is 59.5. The highest BCUT2D eigenvalue weighted by molar-refractivity contribution is 6.39. The first-order valence-corrected chi connectivity index (χ1v) is 30.5. The standard InChI is InChI=1S/C64H105NO15/c1-14-62(15-2,30-33-66)77-34-31-63(16-3,17-4)80-54-39-49-28-26-47(11)64(74,79-49)59(71)60(72)65-32-22-21-25-50(65)61(73)78-53(44(8)37-48-27-29-51(67)55(38-48)75-12)40-52(68)43(7)36-46(10)57(70)58(76-13)56(69)45(9)35-41(5)23-19-18-20-24-42(54)6/h18-20,23-24,36,41,43-45,47-51,53-55,57-58,66-67,70,74H,14-17,21-22,25-35,37-40H2,1-13H3/b20-18?,23-19+,42-24?,46-36+/t41-,43-,44-,45-,47-,48+,49+,50+,51-,53+,54+,55-,57-,58+,64-/m1/s1. The van der Waals surface area contributed by atoms with Crippen LogP contribution in [0.25, 0.3) is 0 Å². The van der Waals surface area contributed by atoms with E-state index in [1.165, 1.54) is 12.0 Å². The van der Waals surface area contributed by atoms with Crippen LogP contribution in [0.1, 0.15) is 192 Å². The Morgan fingerprint density at radius 1 is 0.812 bits per heavy atom. The summed E-state index contributed by atoms with van der Waals surface area (Å²) < 4.78 is 37.8. The largest absolute Gasteiger partial charge is 0.460 e. The molecule has 16 nitrogen and oxygen atoms in total. The van der Waals surface area contributed by atoms with Crippen molar-refractivity contribution in [2.75, 3.05) is 34.0 Å². The van der Waals surface area contributed by atoms with Gasteiger partial charge in [0.05, 0.1) is 42.2 Å². The first-order valence-electron chi connectivity index (χ1n) is 30.5. The summed E-state index contributed by atoms with van der Waals surface area (Å²) in [6.07, 6.45) is 14.6. The molecule has 3 aliphatic heterocycles. The van der Waals surface area contributed by atoms with E-state index in [1.54, 1.807) is 34.0 Å². The molecule has 3 fully saturated rings. The van der Waals surface area contributed by atoms with Gasteiger partial charge in [-0.1, -0.05) is 98.8 Å². The molecule has 456 valence electrons. The quantitative estimate of drug-likeness (QED) is 0.0605. The number of hydrogen-bond acceptors (Lipinski definition) is 15. The molecule has 16 heteroatoms. The summed E-state index contributed by atoms with van der Waals surface area (Å²) in [7, 11) is 2.95. The van der Waals surface area contributed by atoms with Gasteiger partial charge in [-0.15, -0.1) is 0 Å². The van der Waals surface area contributed by atoms with Crippen molar-refractivity contribution in [3.8, 4) is 0 Å². The molecule has 1 amide bonds. The van der Waals surface area contributed by atoms with Crippen LogP contribution in [-0.4, -0.2) is 154 Å². The van der Waals surface area contributed by atoms with E-state index >= 15 is 0 Å². The lowest BCUT2D eigenvalue weighted by Crippen LogP contribution is -2.61. The second-order valence-electron chi connectivity index (χ2n) is 24.3. The maximum absolute atomic E-state index is 14.7. The summed E-state index contributed by atoms with van der Waals surface area (Å²) in [5, 5.41) is 44.5. The van der Waals surface area contributed by atoms with Gasteiger partial charge in [-0.25, -0.2) is 4.79 Å². The van der Waals surface area contributed by atoms with E-state index < -0.39 is 95.1 Å². The Labute approximate surface area is 479 Å². The Bertz CT molecular complexity index is 2110. The van der Waals surface area contributed by atoms with Crippen LogP contribution in [0, 0.1) is 35.5 Å². The van der Waals surface area contributed by atoms with E-state index in [9.17, 15) is 44.4 Å². The SMILES string of the molecule is CCC(CC)(CCO)OCCC(CC)(CC)O[C@H]1C[C@@H]2CC[C@@H](C)[C@@](O)(O2)C(=O)C(=O)N2CCCC[C@H]2C(=O)O[C@H]([C@H](C)C[C@@H]2CC[C@@H](O)[C@H](OC)C2)CC(=O)[C@H](C)/C=C(\C)[C@@H](O)[C@@H](OC)C(=O)[C@H](C)C[C@H](C)/C=C/C=CC=C1C. The lowest BCUT2D eigenvalue weighted by atomic mass is 9.78. The lowest BCUT2D eigenvalue weighted by molar-refractivity contribution is -0.267. The number of ether oxygens (including phenoxy) is 6. The van der Waals surface area contributed by atoms with Crippen molar-refractivity contribution >= 4 is 29.2 Å². The molecule has 4 aliphatic rings. The summed E-state index contributed by atoms with van der Waals surface area (Å²) in [5.74, 6) is -8.31. The fraction of sp³-hybridized carbons (Fsp3) is 0.797. The molecule has 2 saturated heterocycles. The van der Waals surface area contributed by atoms with Crippen molar-refractivity contribution < 1.29 is 72.8 Å². The minimum Gasteiger partial charge on any atom is -0.460 e. The number of piperidine rings is 1. The van der Waals surface area contributed by atoms with Crippen molar-refractivity contribution in [1.29, 1.82) is 0 Å². The number of nitrogens with zero attached hydrogens (tertiary/aromatic N) is 1. The predicted molar refractivity (Wildman–Crippen MR) is 308 cm³/mol. The van der Waals surface area contributed by atoms with E-state index in [0.717, 1.165) is 18.4 Å². The van der Waals surface area contributed by atoms with Crippen LogP contribution in [0.5, 0.6) is 0 Å². The van der Waals surface area contributed by atoms with Gasteiger partial charge in [-0.2, -0.15) is 0 Å². The van der Waals surface area contributed by atoms with Gasteiger partial charge >= 0.3 is 5.97 Å². The Morgan fingerprint density at radius 2 is 1.50 bits per heavy atom. The fourth-order valence-corrected chi connectivity index (χ4v) is 12.6. The van der Waals surface area contributed by atoms with E-state index in [0.29, 0.717) is 95.7 Å². The zero-order valence-corrected chi connectivity index (χ0v) is 51.1. The number of carbonyl (C=O) groups is 5. The number of ketones is 3. The van der Waals surface area contributed by atoms with Gasteiger partial charge in [-0.05, 0) is 145 Å². The summed E-state index contributed by atoms with van der Waals surface area (Å²) in [4.78, 5) is 73.5. The van der Waals surface area contributed by atoms with Crippen LogP contribution in [0.4, 0.5) is 0 Å². The third kappa shape index (κ3) is 18.5.